The van der Waals surface area contributed by atoms with Gasteiger partial charge in [-0.1, -0.05) is 13.0 Å². The van der Waals surface area contributed by atoms with Gasteiger partial charge in [-0.25, -0.2) is 4.39 Å². The Morgan fingerprint density at radius 3 is 2.65 bits per heavy atom. The zero-order chi connectivity index (χ0) is 14.5. The molecule has 0 fully saturated rings. The van der Waals surface area contributed by atoms with Crippen LogP contribution in [0.1, 0.15) is 18.9 Å². The number of hydrogen-bond donors (Lipinski definition) is 2. The second kappa shape index (κ2) is 6.28. The fraction of sp³-hybridized carbons (Fsp3) is 0.250. The van der Waals surface area contributed by atoms with Crippen molar-refractivity contribution in [2.45, 2.75) is 20.3 Å². The minimum absolute atomic E-state index is 0.235. The average Bonchev–Trinajstić information content (AvgIpc) is 2.40. The van der Waals surface area contributed by atoms with E-state index in [1.807, 2.05) is 19.1 Å². The van der Waals surface area contributed by atoms with Gasteiger partial charge in [-0.15, -0.1) is 0 Å². The minimum Gasteiger partial charge on any atom is -0.493 e. The van der Waals surface area contributed by atoms with Gasteiger partial charge >= 0.3 is 0 Å². The number of rotatable bonds is 5. The van der Waals surface area contributed by atoms with E-state index in [2.05, 4.69) is 5.32 Å². The number of nitrogens with two attached hydrogens (primary N) is 1. The predicted molar refractivity (Wildman–Crippen MR) is 81.1 cm³/mol. The van der Waals surface area contributed by atoms with Crippen molar-refractivity contribution in [2.24, 2.45) is 0 Å². The van der Waals surface area contributed by atoms with Crippen molar-refractivity contribution >= 4 is 17.1 Å². The van der Waals surface area contributed by atoms with Crippen LogP contribution in [0.15, 0.2) is 36.4 Å². The van der Waals surface area contributed by atoms with Crippen LogP contribution in [0.2, 0.25) is 0 Å². The second-order valence-electron chi connectivity index (χ2n) is 4.73. The summed E-state index contributed by atoms with van der Waals surface area (Å²) in [6.45, 7) is 4.42. The van der Waals surface area contributed by atoms with Gasteiger partial charge in [-0.3, -0.25) is 0 Å². The highest BCUT2D eigenvalue weighted by Gasteiger charge is 2.03. The number of halogens is 1. The zero-order valence-electron chi connectivity index (χ0n) is 11.7. The molecule has 0 bridgehead atoms. The van der Waals surface area contributed by atoms with E-state index in [-0.39, 0.29) is 5.82 Å². The van der Waals surface area contributed by atoms with Crippen LogP contribution in [0.25, 0.3) is 0 Å². The van der Waals surface area contributed by atoms with E-state index >= 15 is 0 Å². The molecule has 20 heavy (non-hydrogen) atoms. The van der Waals surface area contributed by atoms with E-state index in [0.717, 1.165) is 12.1 Å². The number of anilines is 3. The maximum Gasteiger partial charge on any atom is 0.128 e. The molecule has 0 spiro atoms. The first kappa shape index (κ1) is 14.2. The van der Waals surface area contributed by atoms with Gasteiger partial charge in [0.1, 0.15) is 11.6 Å². The van der Waals surface area contributed by atoms with Gasteiger partial charge in [0.05, 0.1) is 6.61 Å². The lowest BCUT2D eigenvalue weighted by molar-refractivity contribution is 0.318. The third kappa shape index (κ3) is 3.63. The molecule has 0 aliphatic carbocycles. The molecule has 0 aliphatic heterocycles. The summed E-state index contributed by atoms with van der Waals surface area (Å²) in [6, 6.07) is 10.4. The quantitative estimate of drug-likeness (QED) is 0.801. The number of aryl methyl sites for hydroxylation is 1. The van der Waals surface area contributed by atoms with Gasteiger partial charge in [0.25, 0.3) is 0 Å². The largest absolute Gasteiger partial charge is 0.493 e. The molecule has 0 aliphatic rings. The molecule has 0 aromatic heterocycles. The van der Waals surface area contributed by atoms with Gasteiger partial charge in [0, 0.05) is 29.2 Å². The Morgan fingerprint density at radius 2 is 1.95 bits per heavy atom. The van der Waals surface area contributed by atoms with Crippen molar-refractivity contribution in [3.05, 3.63) is 47.8 Å². The number of nitrogen functional groups attached to an aromatic ring is 1. The van der Waals surface area contributed by atoms with Crippen LogP contribution in [-0.2, 0) is 0 Å². The summed E-state index contributed by atoms with van der Waals surface area (Å²) in [7, 11) is 0. The fourth-order valence-corrected chi connectivity index (χ4v) is 1.83. The van der Waals surface area contributed by atoms with Crippen LogP contribution in [0.5, 0.6) is 5.75 Å². The monoisotopic (exact) mass is 274 g/mol. The first-order valence-electron chi connectivity index (χ1n) is 6.65. The van der Waals surface area contributed by atoms with Crippen molar-refractivity contribution in [1.29, 1.82) is 0 Å². The van der Waals surface area contributed by atoms with Crippen molar-refractivity contribution in [3.63, 3.8) is 0 Å². The van der Waals surface area contributed by atoms with Crippen molar-refractivity contribution in [3.8, 4) is 5.75 Å². The van der Waals surface area contributed by atoms with E-state index in [9.17, 15) is 4.39 Å². The molecule has 0 radical (unpaired) electrons. The smallest absolute Gasteiger partial charge is 0.128 e. The SMILES string of the molecule is CCCOc1cc(N)cc(Nc2ccc(C)c(F)c2)c1. The highest BCUT2D eigenvalue weighted by atomic mass is 19.1. The summed E-state index contributed by atoms with van der Waals surface area (Å²) >= 11 is 0. The lowest BCUT2D eigenvalue weighted by Crippen LogP contribution is -1.98. The van der Waals surface area contributed by atoms with Crippen LogP contribution in [-0.4, -0.2) is 6.61 Å². The first-order chi connectivity index (χ1) is 9.58. The number of benzene rings is 2. The van der Waals surface area contributed by atoms with E-state index in [0.29, 0.717) is 29.3 Å². The first-order valence-corrected chi connectivity index (χ1v) is 6.65. The highest BCUT2D eigenvalue weighted by Crippen LogP contribution is 2.26. The Morgan fingerprint density at radius 1 is 1.15 bits per heavy atom. The maximum absolute atomic E-state index is 13.5. The van der Waals surface area contributed by atoms with Crippen LogP contribution < -0.4 is 15.8 Å². The molecular formula is C16H19FN2O. The molecule has 2 aromatic carbocycles. The van der Waals surface area contributed by atoms with Crippen molar-refractivity contribution < 1.29 is 9.13 Å². The Kier molecular flexibility index (Phi) is 4.45. The fourth-order valence-electron chi connectivity index (χ4n) is 1.83. The summed E-state index contributed by atoms with van der Waals surface area (Å²) in [6.07, 6.45) is 0.931. The van der Waals surface area contributed by atoms with Gasteiger partial charge in [0.2, 0.25) is 0 Å². The van der Waals surface area contributed by atoms with E-state index in [1.165, 1.54) is 6.07 Å². The predicted octanol–water partition coefficient (Wildman–Crippen LogP) is 4.25. The summed E-state index contributed by atoms with van der Waals surface area (Å²) in [5.74, 6) is 0.475. The molecular weight excluding hydrogens is 255 g/mol. The van der Waals surface area contributed by atoms with Gasteiger partial charge in [-0.2, -0.15) is 0 Å². The number of hydrogen-bond acceptors (Lipinski definition) is 3. The van der Waals surface area contributed by atoms with E-state index < -0.39 is 0 Å². The lowest BCUT2D eigenvalue weighted by Gasteiger charge is -2.11. The molecule has 0 unspecified atom stereocenters. The van der Waals surface area contributed by atoms with E-state index in [1.54, 1.807) is 25.1 Å². The molecule has 2 rings (SSSR count). The molecule has 2 aromatic rings. The molecule has 3 N–H and O–H groups in total. The minimum atomic E-state index is -0.235. The molecule has 0 saturated carbocycles. The normalized spacial score (nSPS) is 10.3. The third-order valence-electron chi connectivity index (χ3n) is 2.86. The Labute approximate surface area is 118 Å². The van der Waals surface area contributed by atoms with Crippen LogP contribution in [0.3, 0.4) is 0 Å². The molecule has 4 heteroatoms. The van der Waals surface area contributed by atoms with Crippen LogP contribution in [0, 0.1) is 12.7 Å². The Balaban J connectivity index is 2.19. The summed E-state index contributed by atoms with van der Waals surface area (Å²) < 4.78 is 19.1. The number of nitrogens with one attached hydrogen (secondary N) is 1. The van der Waals surface area contributed by atoms with Gasteiger partial charge < -0.3 is 15.8 Å². The second-order valence-corrected chi connectivity index (χ2v) is 4.73. The van der Waals surface area contributed by atoms with E-state index in [4.69, 9.17) is 10.5 Å². The molecule has 0 amide bonds. The number of ether oxygens (including phenoxy) is 1. The summed E-state index contributed by atoms with van der Waals surface area (Å²) in [4.78, 5) is 0. The van der Waals surface area contributed by atoms with Gasteiger partial charge in [-0.05, 0) is 37.1 Å². The molecule has 3 nitrogen and oxygen atoms in total. The topological polar surface area (TPSA) is 47.3 Å². The molecule has 106 valence electrons. The Hall–Kier alpha value is -2.23. The summed E-state index contributed by atoms with van der Waals surface area (Å²) in [5, 5.41) is 3.13. The Bertz CT molecular complexity index is 599. The molecule has 0 saturated heterocycles. The average molecular weight is 274 g/mol. The maximum atomic E-state index is 13.5. The molecule has 0 atom stereocenters. The third-order valence-corrected chi connectivity index (χ3v) is 2.86. The van der Waals surface area contributed by atoms with Crippen LogP contribution >= 0.6 is 0 Å². The highest BCUT2D eigenvalue weighted by molar-refractivity contribution is 5.66. The van der Waals surface area contributed by atoms with Gasteiger partial charge in [0.15, 0.2) is 0 Å². The van der Waals surface area contributed by atoms with Crippen molar-refractivity contribution in [2.75, 3.05) is 17.7 Å². The van der Waals surface area contributed by atoms with Crippen molar-refractivity contribution in [1.82, 2.24) is 0 Å². The van der Waals surface area contributed by atoms with Crippen LogP contribution in [0.4, 0.5) is 21.5 Å². The molecule has 0 heterocycles. The lowest BCUT2D eigenvalue weighted by atomic mass is 10.2. The standard InChI is InChI=1S/C16H19FN2O/c1-3-6-20-15-8-12(18)7-14(9-15)19-13-5-4-11(2)16(17)10-13/h4-5,7-10,19H,3,6,18H2,1-2H3. The summed E-state index contributed by atoms with van der Waals surface area (Å²) in [5.41, 5.74) is 8.53. The zero-order valence-corrected chi connectivity index (χ0v) is 11.7.